The van der Waals surface area contributed by atoms with Crippen LogP contribution in [0.5, 0.6) is 11.5 Å². The molecule has 1 saturated heterocycles. The van der Waals surface area contributed by atoms with E-state index in [0.29, 0.717) is 23.2 Å². The molecule has 1 amide bonds. The van der Waals surface area contributed by atoms with Gasteiger partial charge in [0.2, 0.25) is 5.95 Å². The van der Waals surface area contributed by atoms with Crippen molar-refractivity contribution in [3.05, 3.63) is 70.5 Å². The lowest BCUT2D eigenvalue weighted by Gasteiger charge is -2.42. The van der Waals surface area contributed by atoms with Gasteiger partial charge in [0, 0.05) is 57.5 Å². The summed E-state index contributed by atoms with van der Waals surface area (Å²) < 4.78 is 9.21. The Morgan fingerprint density at radius 2 is 1.85 bits per heavy atom. The lowest BCUT2D eigenvalue weighted by molar-refractivity contribution is 0.0710. The van der Waals surface area contributed by atoms with Crippen molar-refractivity contribution < 1.29 is 12.4 Å². The van der Waals surface area contributed by atoms with E-state index >= 15 is 0 Å². The highest BCUT2D eigenvalue weighted by molar-refractivity contribution is 9.10. The van der Waals surface area contributed by atoms with Gasteiger partial charge in [-0.25, -0.2) is 4.98 Å². The Bertz CT molecular complexity index is 1530. The number of amides is 1. The number of rotatable bonds is 7. The summed E-state index contributed by atoms with van der Waals surface area (Å²) in [6.07, 6.45) is 1.59. The fourth-order valence-corrected chi connectivity index (χ4v) is 5.52. The molecule has 0 atom stereocenters. The largest absolute Gasteiger partial charge is 0.457 e. The van der Waals surface area contributed by atoms with Crippen LogP contribution in [0.4, 0.5) is 11.6 Å². The standard InChI is InChI=1S/C30H35BrN6O2.2H2/c1-18(2)37-16-20(17-37)33-28(38)26-15-22(11-12-32-26)39-21-8-10-27-25(14-21)35-29(36(27)6)34-19-7-9-24(31)23(13-19)30(3,4)5;;/h7-15,18,20H,16-17H2,1-6H3,(H,33,38)(H,34,35);2*1H. The molecule has 2 aromatic heterocycles. The van der Waals surface area contributed by atoms with E-state index in [2.05, 4.69) is 83.2 Å². The Balaban J connectivity index is 0.00000231. The molecule has 0 bridgehead atoms. The van der Waals surface area contributed by atoms with Crippen LogP contribution in [-0.2, 0) is 12.5 Å². The molecule has 4 aromatic rings. The highest BCUT2D eigenvalue weighted by Crippen LogP contribution is 2.33. The maximum Gasteiger partial charge on any atom is 0.270 e. The topological polar surface area (TPSA) is 84.3 Å². The van der Waals surface area contributed by atoms with Crippen molar-refractivity contribution in [2.75, 3.05) is 18.4 Å². The second kappa shape index (κ2) is 10.6. The van der Waals surface area contributed by atoms with Crippen LogP contribution in [0.15, 0.2) is 59.2 Å². The first-order valence-corrected chi connectivity index (χ1v) is 14.0. The number of benzene rings is 2. The van der Waals surface area contributed by atoms with Gasteiger partial charge in [0.05, 0.1) is 17.1 Å². The number of imidazole rings is 1. The predicted octanol–water partition coefficient (Wildman–Crippen LogP) is 6.88. The van der Waals surface area contributed by atoms with E-state index in [1.54, 1.807) is 18.3 Å². The molecular weight excluding hydrogens is 556 g/mol. The van der Waals surface area contributed by atoms with Gasteiger partial charge in [-0.05, 0) is 61.2 Å². The summed E-state index contributed by atoms with van der Waals surface area (Å²) in [6, 6.07) is 16.1. The third-order valence-corrected chi connectivity index (χ3v) is 7.75. The van der Waals surface area contributed by atoms with Crippen molar-refractivity contribution >= 4 is 44.5 Å². The van der Waals surface area contributed by atoms with Gasteiger partial charge in [-0.2, -0.15) is 0 Å². The van der Waals surface area contributed by atoms with Crippen LogP contribution in [0.25, 0.3) is 11.0 Å². The molecule has 1 fully saturated rings. The zero-order valence-electron chi connectivity index (χ0n) is 23.2. The van der Waals surface area contributed by atoms with E-state index in [1.165, 1.54) is 5.56 Å². The Hall–Kier alpha value is -3.43. The minimum Gasteiger partial charge on any atom is -0.457 e. The molecule has 0 spiro atoms. The third kappa shape index (κ3) is 5.94. The fraction of sp³-hybridized carbons (Fsp3) is 0.367. The number of aryl methyl sites for hydroxylation is 1. The number of nitrogens with one attached hydrogen (secondary N) is 2. The van der Waals surface area contributed by atoms with Crippen LogP contribution in [0.2, 0.25) is 0 Å². The lowest BCUT2D eigenvalue weighted by atomic mass is 9.87. The molecule has 1 aliphatic heterocycles. The van der Waals surface area contributed by atoms with E-state index in [1.807, 2.05) is 35.9 Å². The molecule has 2 aromatic carbocycles. The van der Waals surface area contributed by atoms with Gasteiger partial charge in [0.15, 0.2) is 0 Å². The van der Waals surface area contributed by atoms with Crippen molar-refractivity contribution in [2.45, 2.75) is 52.1 Å². The molecule has 5 rings (SSSR count). The van der Waals surface area contributed by atoms with Gasteiger partial charge < -0.3 is 19.9 Å². The lowest BCUT2D eigenvalue weighted by Crippen LogP contribution is -2.61. The molecule has 3 heterocycles. The highest BCUT2D eigenvalue weighted by atomic mass is 79.9. The number of carbonyl (C=O) groups is 1. The van der Waals surface area contributed by atoms with Crippen molar-refractivity contribution in [1.82, 2.24) is 24.8 Å². The number of nitrogens with zero attached hydrogens (tertiary/aromatic N) is 4. The minimum absolute atomic E-state index is 0. The first-order valence-electron chi connectivity index (χ1n) is 13.2. The second-order valence-corrected chi connectivity index (χ2v) is 12.3. The number of halogens is 1. The average Bonchev–Trinajstić information content (AvgIpc) is 3.15. The maximum absolute atomic E-state index is 12.7. The van der Waals surface area contributed by atoms with Gasteiger partial charge in [0.25, 0.3) is 5.91 Å². The normalized spacial score (nSPS) is 14.5. The van der Waals surface area contributed by atoms with E-state index in [9.17, 15) is 4.79 Å². The van der Waals surface area contributed by atoms with E-state index in [4.69, 9.17) is 9.72 Å². The summed E-state index contributed by atoms with van der Waals surface area (Å²) in [7, 11) is 1.98. The fourth-order valence-electron chi connectivity index (χ4n) is 4.68. The zero-order chi connectivity index (χ0) is 27.9. The summed E-state index contributed by atoms with van der Waals surface area (Å²) >= 11 is 3.67. The third-order valence-electron chi connectivity index (χ3n) is 7.06. The number of fused-ring (bicyclic) bond motifs is 1. The Labute approximate surface area is 240 Å². The number of likely N-dealkylation sites (tertiary alicyclic amines) is 1. The van der Waals surface area contributed by atoms with Crippen molar-refractivity contribution in [3.63, 3.8) is 0 Å². The van der Waals surface area contributed by atoms with Gasteiger partial charge in [-0.3, -0.25) is 14.7 Å². The van der Waals surface area contributed by atoms with Gasteiger partial charge in [-0.1, -0.05) is 36.7 Å². The monoisotopic (exact) mass is 594 g/mol. The maximum atomic E-state index is 12.7. The van der Waals surface area contributed by atoms with E-state index in [0.717, 1.165) is 40.2 Å². The van der Waals surface area contributed by atoms with Crippen LogP contribution in [0, 0.1) is 0 Å². The summed E-state index contributed by atoms with van der Waals surface area (Å²) in [4.78, 5) is 24.1. The molecule has 1 aliphatic rings. The van der Waals surface area contributed by atoms with Crippen LogP contribution < -0.4 is 15.4 Å². The highest BCUT2D eigenvalue weighted by Gasteiger charge is 2.30. The summed E-state index contributed by atoms with van der Waals surface area (Å²) in [6.45, 7) is 12.6. The zero-order valence-corrected chi connectivity index (χ0v) is 24.8. The number of hydrogen-bond donors (Lipinski definition) is 2. The Kier molecular flexibility index (Phi) is 7.39. The molecule has 2 N–H and O–H groups in total. The Morgan fingerprint density at radius 3 is 2.56 bits per heavy atom. The van der Waals surface area contributed by atoms with Gasteiger partial charge in [-0.15, -0.1) is 0 Å². The van der Waals surface area contributed by atoms with E-state index in [-0.39, 0.29) is 20.2 Å². The van der Waals surface area contributed by atoms with Gasteiger partial charge >= 0.3 is 0 Å². The first-order chi connectivity index (χ1) is 18.5. The number of hydrogen-bond acceptors (Lipinski definition) is 6. The quantitative estimate of drug-likeness (QED) is 0.242. The predicted molar refractivity (Wildman–Crippen MR) is 163 cm³/mol. The number of anilines is 2. The molecule has 8 nitrogen and oxygen atoms in total. The molecule has 0 saturated carbocycles. The number of ether oxygens (including phenoxy) is 1. The molecule has 9 heteroatoms. The molecule has 0 unspecified atom stereocenters. The number of pyridine rings is 1. The molecule has 39 heavy (non-hydrogen) atoms. The van der Waals surface area contributed by atoms with Crippen molar-refractivity contribution in [3.8, 4) is 11.5 Å². The summed E-state index contributed by atoms with van der Waals surface area (Å²) in [5.41, 5.74) is 4.32. The van der Waals surface area contributed by atoms with Gasteiger partial charge in [0.1, 0.15) is 17.2 Å². The van der Waals surface area contributed by atoms with Crippen LogP contribution in [0.3, 0.4) is 0 Å². The number of aromatic nitrogens is 3. The Morgan fingerprint density at radius 1 is 1.10 bits per heavy atom. The molecular formula is C30H39BrN6O2. The first kappa shape index (κ1) is 27.1. The van der Waals surface area contributed by atoms with Crippen molar-refractivity contribution in [1.29, 1.82) is 0 Å². The minimum atomic E-state index is -0.188. The van der Waals surface area contributed by atoms with Crippen LogP contribution in [0.1, 0.15) is 53.5 Å². The summed E-state index contributed by atoms with van der Waals surface area (Å²) in [5.74, 6) is 1.73. The van der Waals surface area contributed by atoms with Crippen LogP contribution in [-0.4, -0.2) is 50.5 Å². The number of carbonyl (C=O) groups excluding carboxylic acids is 1. The molecule has 0 aliphatic carbocycles. The average molecular weight is 596 g/mol. The smallest absolute Gasteiger partial charge is 0.270 e. The van der Waals surface area contributed by atoms with Crippen LogP contribution >= 0.6 is 15.9 Å². The van der Waals surface area contributed by atoms with Crippen molar-refractivity contribution in [2.24, 2.45) is 7.05 Å². The van der Waals surface area contributed by atoms with E-state index < -0.39 is 0 Å². The second-order valence-electron chi connectivity index (χ2n) is 11.4. The summed E-state index contributed by atoms with van der Waals surface area (Å²) in [5, 5.41) is 6.51. The SMILES string of the molecule is CC(C)N1CC(NC(=O)c2cc(Oc3ccc4c(c3)nc(Nc3ccc(Br)c(C(C)(C)C)c3)n4C)ccn2)C1.[HH].[HH]. The molecule has 0 radical (unpaired) electrons. The molecule has 208 valence electrons.